The van der Waals surface area contributed by atoms with E-state index in [0.717, 1.165) is 23.0 Å². The van der Waals surface area contributed by atoms with Gasteiger partial charge in [-0.15, -0.1) is 0 Å². The van der Waals surface area contributed by atoms with E-state index in [2.05, 4.69) is 35.8 Å². The Labute approximate surface area is 125 Å². The number of rotatable bonds is 4. The lowest BCUT2D eigenvalue weighted by atomic mass is 9.96. The predicted octanol–water partition coefficient (Wildman–Crippen LogP) is 2.95. The minimum atomic E-state index is -0.0609. The van der Waals surface area contributed by atoms with Crippen LogP contribution in [-0.2, 0) is 0 Å². The summed E-state index contributed by atoms with van der Waals surface area (Å²) >= 11 is 0. The molecule has 1 aromatic carbocycles. The van der Waals surface area contributed by atoms with Crippen molar-refractivity contribution in [3.8, 4) is 0 Å². The molecule has 0 bridgehead atoms. The largest absolute Gasteiger partial charge is 0.409 e. The number of amidine groups is 1. The lowest BCUT2D eigenvalue weighted by Crippen LogP contribution is -2.41. The molecule has 1 aromatic heterocycles. The molecule has 5 nitrogen and oxygen atoms in total. The van der Waals surface area contributed by atoms with Gasteiger partial charge in [0, 0.05) is 24.2 Å². The molecule has 0 saturated carbocycles. The summed E-state index contributed by atoms with van der Waals surface area (Å²) in [4.78, 5) is 6.57. The summed E-state index contributed by atoms with van der Waals surface area (Å²) in [6, 6.07) is 7.89. The average Bonchev–Trinajstić information content (AvgIpc) is 2.52. The standard InChI is InChI=1S/C16H22N4O/c1-5-16(2,3)20(4)14-11-8-6-7-9-13(11)18-10-12(14)15(17)19-21/h6-10,21H,5H2,1-4H3,(H2,17,19). The van der Waals surface area contributed by atoms with Crippen molar-refractivity contribution in [2.45, 2.75) is 32.7 Å². The van der Waals surface area contributed by atoms with Crippen LogP contribution in [0.15, 0.2) is 35.6 Å². The van der Waals surface area contributed by atoms with Crippen LogP contribution in [0.4, 0.5) is 5.69 Å². The summed E-state index contributed by atoms with van der Waals surface area (Å²) in [6.07, 6.45) is 2.63. The lowest BCUT2D eigenvalue weighted by Gasteiger charge is -2.38. The highest BCUT2D eigenvalue weighted by Gasteiger charge is 2.26. The molecule has 1 heterocycles. The van der Waals surface area contributed by atoms with Gasteiger partial charge in [-0.3, -0.25) is 4.98 Å². The number of hydrogen-bond donors (Lipinski definition) is 2. The van der Waals surface area contributed by atoms with Gasteiger partial charge in [-0.25, -0.2) is 0 Å². The van der Waals surface area contributed by atoms with E-state index in [1.54, 1.807) is 6.20 Å². The number of nitrogens with zero attached hydrogens (tertiary/aromatic N) is 3. The monoisotopic (exact) mass is 286 g/mol. The third-order valence-corrected chi connectivity index (χ3v) is 4.24. The van der Waals surface area contributed by atoms with Gasteiger partial charge in [0.1, 0.15) is 0 Å². The van der Waals surface area contributed by atoms with Crippen molar-refractivity contribution < 1.29 is 5.21 Å². The minimum Gasteiger partial charge on any atom is -0.409 e. The highest BCUT2D eigenvalue weighted by molar-refractivity contribution is 6.08. The Morgan fingerprint density at radius 1 is 1.38 bits per heavy atom. The molecule has 0 amide bonds. The molecule has 112 valence electrons. The van der Waals surface area contributed by atoms with E-state index in [-0.39, 0.29) is 11.4 Å². The molecule has 0 aliphatic carbocycles. The molecular formula is C16H22N4O. The fourth-order valence-electron chi connectivity index (χ4n) is 2.27. The summed E-state index contributed by atoms with van der Waals surface area (Å²) in [7, 11) is 2.03. The number of hydrogen-bond acceptors (Lipinski definition) is 4. The van der Waals surface area contributed by atoms with Crippen LogP contribution in [0, 0.1) is 0 Å². The second-order valence-electron chi connectivity index (χ2n) is 5.75. The van der Waals surface area contributed by atoms with Gasteiger partial charge in [-0.2, -0.15) is 0 Å². The molecule has 2 aromatic rings. The fourth-order valence-corrected chi connectivity index (χ4v) is 2.27. The fraction of sp³-hybridized carbons (Fsp3) is 0.375. The number of para-hydroxylation sites is 1. The van der Waals surface area contributed by atoms with Crippen LogP contribution in [-0.4, -0.2) is 28.6 Å². The number of pyridine rings is 1. The quantitative estimate of drug-likeness (QED) is 0.392. The molecule has 5 heteroatoms. The molecule has 2 rings (SSSR count). The van der Waals surface area contributed by atoms with E-state index in [1.807, 2.05) is 31.3 Å². The molecule has 0 aliphatic heterocycles. The third-order valence-electron chi connectivity index (χ3n) is 4.24. The lowest BCUT2D eigenvalue weighted by molar-refractivity contribution is 0.318. The summed E-state index contributed by atoms with van der Waals surface area (Å²) in [5.41, 5.74) is 8.24. The number of benzene rings is 1. The first-order chi connectivity index (χ1) is 9.92. The van der Waals surface area contributed by atoms with Crippen molar-refractivity contribution in [1.82, 2.24) is 4.98 Å². The molecule has 0 aliphatic rings. The Balaban J connectivity index is 2.78. The smallest absolute Gasteiger partial charge is 0.173 e. The van der Waals surface area contributed by atoms with E-state index in [1.165, 1.54) is 0 Å². The zero-order valence-electron chi connectivity index (χ0n) is 13.0. The van der Waals surface area contributed by atoms with Gasteiger partial charge in [0.2, 0.25) is 0 Å². The number of oxime groups is 1. The predicted molar refractivity (Wildman–Crippen MR) is 87.0 cm³/mol. The average molecular weight is 286 g/mol. The summed E-state index contributed by atoms with van der Waals surface area (Å²) < 4.78 is 0. The van der Waals surface area contributed by atoms with Crippen LogP contribution in [0.2, 0.25) is 0 Å². The summed E-state index contributed by atoms with van der Waals surface area (Å²) in [5.74, 6) is 0.0713. The molecule has 3 N–H and O–H groups in total. The molecule has 0 fully saturated rings. The van der Waals surface area contributed by atoms with Gasteiger partial charge in [0.05, 0.1) is 16.8 Å². The first kappa shape index (κ1) is 15.1. The van der Waals surface area contributed by atoms with Crippen LogP contribution in [0.25, 0.3) is 10.9 Å². The Kier molecular flexibility index (Phi) is 4.02. The number of fused-ring (bicyclic) bond motifs is 1. The van der Waals surface area contributed by atoms with Gasteiger partial charge >= 0.3 is 0 Å². The van der Waals surface area contributed by atoms with Crippen molar-refractivity contribution in [2.24, 2.45) is 10.9 Å². The van der Waals surface area contributed by atoms with Gasteiger partial charge < -0.3 is 15.8 Å². The maximum Gasteiger partial charge on any atom is 0.173 e. The molecule has 0 atom stereocenters. The van der Waals surface area contributed by atoms with Crippen LogP contribution in [0.1, 0.15) is 32.8 Å². The van der Waals surface area contributed by atoms with E-state index < -0.39 is 0 Å². The Bertz CT molecular complexity index is 679. The van der Waals surface area contributed by atoms with Crippen molar-refractivity contribution in [1.29, 1.82) is 0 Å². The Hall–Kier alpha value is -2.30. The normalized spacial score (nSPS) is 12.7. The Morgan fingerprint density at radius 3 is 2.67 bits per heavy atom. The zero-order valence-corrected chi connectivity index (χ0v) is 13.0. The van der Waals surface area contributed by atoms with Crippen molar-refractivity contribution in [2.75, 3.05) is 11.9 Å². The van der Waals surface area contributed by atoms with E-state index in [9.17, 15) is 0 Å². The number of aromatic nitrogens is 1. The van der Waals surface area contributed by atoms with Crippen LogP contribution in [0.5, 0.6) is 0 Å². The Morgan fingerprint density at radius 2 is 2.05 bits per heavy atom. The summed E-state index contributed by atoms with van der Waals surface area (Å²) in [5, 5.41) is 13.2. The number of nitrogens with two attached hydrogens (primary N) is 1. The number of anilines is 1. The van der Waals surface area contributed by atoms with E-state index in [0.29, 0.717) is 5.56 Å². The molecule has 0 saturated heterocycles. The van der Waals surface area contributed by atoms with Crippen LogP contribution in [0.3, 0.4) is 0 Å². The maximum atomic E-state index is 9.04. The van der Waals surface area contributed by atoms with Crippen LogP contribution >= 0.6 is 0 Å². The SMILES string of the molecule is CCC(C)(C)N(C)c1c(C(N)=NO)cnc2ccccc12. The minimum absolute atomic E-state index is 0.0609. The van der Waals surface area contributed by atoms with Crippen molar-refractivity contribution >= 4 is 22.4 Å². The molecule has 0 spiro atoms. The second-order valence-corrected chi connectivity index (χ2v) is 5.75. The van der Waals surface area contributed by atoms with Gasteiger partial charge in [0.25, 0.3) is 0 Å². The first-order valence-electron chi connectivity index (χ1n) is 7.02. The first-order valence-corrected chi connectivity index (χ1v) is 7.02. The molecular weight excluding hydrogens is 264 g/mol. The maximum absolute atomic E-state index is 9.04. The summed E-state index contributed by atoms with van der Waals surface area (Å²) in [6.45, 7) is 6.47. The van der Waals surface area contributed by atoms with Gasteiger partial charge in [-0.1, -0.05) is 30.3 Å². The highest BCUT2D eigenvalue weighted by atomic mass is 16.4. The molecule has 0 radical (unpaired) electrons. The second kappa shape index (κ2) is 5.60. The van der Waals surface area contributed by atoms with Gasteiger partial charge in [0.15, 0.2) is 5.84 Å². The van der Waals surface area contributed by atoms with Crippen molar-refractivity contribution in [3.05, 3.63) is 36.0 Å². The van der Waals surface area contributed by atoms with Crippen molar-refractivity contribution in [3.63, 3.8) is 0 Å². The van der Waals surface area contributed by atoms with E-state index in [4.69, 9.17) is 10.9 Å². The zero-order chi connectivity index (χ0) is 15.6. The molecule has 21 heavy (non-hydrogen) atoms. The van der Waals surface area contributed by atoms with E-state index >= 15 is 0 Å². The van der Waals surface area contributed by atoms with Crippen LogP contribution < -0.4 is 10.6 Å². The van der Waals surface area contributed by atoms with Gasteiger partial charge in [-0.05, 0) is 26.3 Å². The molecule has 0 unspecified atom stereocenters. The topological polar surface area (TPSA) is 74.7 Å². The highest BCUT2D eigenvalue weighted by Crippen LogP contribution is 2.33. The third kappa shape index (κ3) is 2.63.